The molecule has 0 aromatic heterocycles. The summed E-state index contributed by atoms with van der Waals surface area (Å²) in [7, 11) is 0. The highest BCUT2D eigenvalue weighted by atomic mass is 16.7. The first-order chi connectivity index (χ1) is 6.39. The van der Waals surface area contributed by atoms with Crippen LogP contribution in [0.4, 0.5) is 0 Å². The molecular formula is C10H16O4. The molecule has 80 valence electrons. The van der Waals surface area contributed by atoms with Gasteiger partial charge in [0, 0.05) is 5.57 Å². The van der Waals surface area contributed by atoms with E-state index in [2.05, 4.69) is 11.3 Å². The lowest BCUT2D eigenvalue weighted by Crippen LogP contribution is -2.27. The van der Waals surface area contributed by atoms with Crippen LogP contribution < -0.4 is 0 Å². The van der Waals surface area contributed by atoms with Gasteiger partial charge in [-0.3, -0.25) is 0 Å². The molecule has 0 aromatic carbocycles. The summed E-state index contributed by atoms with van der Waals surface area (Å²) in [6.07, 6.45) is 3.09. The van der Waals surface area contributed by atoms with Gasteiger partial charge in [-0.25, -0.2) is 4.79 Å². The highest BCUT2D eigenvalue weighted by molar-refractivity contribution is 5.86. The fourth-order valence-corrected chi connectivity index (χ4v) is 0.683. The second kappa shape index (κ2) is 5.57. The van der Waals surface area contributed by atoms with E-state index in [9.17, 15) is 9.90 Å². The van der Waals surface area contributed by atoms with Gasteiger partial charge in [0.1, 0.15) is 0 Å². The van der Waals surface area contributed by atoms with Gasteiger partial charge in [0.25, 0.3) is 0 Å². The topological polar surface area (TPSA) is 55.8 Å². The van der Waals surface area contributed by atoms with Crippen molar-refractivity contribution in [1.29, 1.82) is 0 Å². The fraction of sp³-hybridized carbons (Fsp3) is 0.500. The summed E-state index contributed by atoms with van der Waals surface area (Å²) < 4.78 is 9.51. The van der Waals surface area contributed by atoms with E-state index in [0.717, 1.165) is 0 Å². The Morgan fingerprint density at radius 2 is 2.21 bits per heavy atom. The first-order valence-corrected chi connectivity index (χ1v) is 4.22. The van der Waals surface area contributed by atoms with Crippen molar-refractivity contribution in [2.75, 3.05) is 6.79 Å². The first-order valence-electron chi connectivity index (χ1n) is 4.22. The zero-order chi connectivity index (χ0) is 11.2. The monoisotopic (exact) mass is 200 g/mol. The van der Waals surface area contributed by atoms with Gasteiger partial charge in [-0.2, -0.15) is 0 Å². The summed E-state index contributed by atoms with van der Waals surface area (Å²) in [6, 6.07) is 0. The Balaban J connectivity index is 3.85. The Labute approximate surface area is 83.8 Å². The van der Waals surface area contributed by atoms with Crippen LogP contribution in [0.25, 0.3) is 0 Å². The lowest BCUT2D eigenvalue weighted by atomic mass is 10.3. The lowest BCUT2D eigenvalue weighted by Gasteiger charge is -2.19. The number of hydrogen-bond donors (Lipinski definition) is 1. The second-order valence-corrected chi connectivity index (χ2v) is 3.03. The van der Waals surface area contributed by atoms with Gasteiger partial charge in [-0.1, -0.05) is 12.7 Å². The van der Waals surface area contributed by atoms with E-state index < -0.39 is 11.8 Å². The van der Waals surface area contributed by atoms with Gasteiger partial charge in [-0.15, -0.1) is 0 Å². The largest absolute Gasteiger partial charge is 0.435 e. The molecule has 1 unspecified atom stereocenters. The third kappa shape index (κ3) is 5.50. The van der Waals surface area contributed by atoms with Crippen LogP contribution in [-0.2, 0) is 14.3 Å². The van der Waals surface area contributed by atoms with Gasteiger partial charge in [-0.05, 0) is 26.8 Å². The zero-order valence-corrected chi connectivity index (χ0v) is 8.74. The van der Waals surface area contributed by atoms with Crippen LogP contribution in [0.3, 0.4) is 0 Å². The molecule has 0 aliphatic carbocycles. The average Bonchev–Trinajstić information content (AvgIpc) is 2.03. The van der Waals surface area contributed by atoms with Crippen LogP contribution in [-0.4, -0.2) is 23.7 Å². The molecule has 0 amide bonds. The van der Waals surface area contributed by atoms with Crippen LogP contribution in [0.5, 0.6) is 0 Å². The van der Waals surface area contributed by atoms with Gasteiger partial charge in [0.05, 0.1) is 0 Å². The van der Waals surface area contributed by atoms with Gasteiger partial charge in [0.15, 0.2) is 12.6 Å². The zero-order valence-electron chi connectivity index (χ0n) is 8.74. The molecule has 4 heteroatoms. The van der Waals surface area contributed by atoms with Crippen LogP contribution in [0.15, 0.2) is 24.3 Å². The van der Waals surface area contributed by atoms with Crippen LogP contribution in [0.2, 0.25) is 0 Å². The van der Waals surface area contributed by atoms with Crippen molar-refractivity contribution < 1.29 is 19.4 Å². The summed E-state index contributed by atoms with van der Waals surface area (Å²) >= 11 is 0. The molecule has 14 heavy (non-hydrogen) atoms. The third-order valence-electron chi connectivity index (χ3n) is 1.37. The highest BCUT2D eigenvalue weighted by Gasteiger charge is 2.16. The summed E-state index contributed by atoms with van der Waals surface area (Å²) in [5, 5.41) is 9.44. The number of rotatable bonds is 5. The molecule has 0 saturated carbocycles. The van der Waals surface area contributed by atoms with Crippen molar-refractivity contribution >= 4 is 5.97 Å². The molecule has 0 saturated heterocycles. The number of carbonyl (C=O) groups excluding carboxylic acids is 1. The molecule has 0 bridgehead atoms. The van der Waals surface area contributed by atoms with Crippen molar-refractivity contribution in [3.63, 3.8) is 0 Å². The maximum absolute atomic E-state index is 10.9. The Kier molecular flexibility index (Phi) is 5.12. The standard InChI is InChI=1S/C10H16O4/c1-5-6-10(4,12)14-7-13-9(11)8(2)3/h5-6,12H,2,7H2,1,3-4H3. The maximum Gasteiger partial charge on any atom is 0.335 e. The number of carbonyl (C=O) groups is 1. The fourth-order valence-electron chi connectivity index (χ4n) is 0.683. The number of allylic oxidation sites excluding steroid dienone is 1. The van der Waals surface area contributed by atoms with E-state index >= 15 is 0 Å². The molecule has 0 aliphatic rings. The predicted octanol–water partition coefficient (Wildman–Crippen LogP) is 1.36. The minimum absolute atomic E-state index is 0.291. The molecule has 0 heterocycles. The van der Waals surface area contributed by atoms with Crippen LogP contribution in [0.1, 0.15) is 20.8 Å². The van der Waals surface area contributed by atoms with Gasteiger partial charge >= 0.3 is 5.97 Å². The minimum atomic E-state index is -1.41. The smallest absolute Gasteiger partial charge is 0.335 e. The number of aliphatic hydroxyl groups is 1. The average molecular weight is 200 g/mol. The second-order valence-electron chi connectivity index (χ2n) is 3.03. The molecule has 0 aliphatic heterocycles. The minimum Gasteiger partial charge on any atom is -0.435 e. The normalized spacial score (nSPS) is 15.1. The van der Waals surface area contributed by atoms with E-state index in [1.165, 1.54) is 19.9 Å². The van der Waals surface area contributed by atoms with Crippen molar-refractivity contribution in [2.24, 2.45) is 0 Å². The summed E-state index contributed by atoms with van der Waals surface area (Å²) in [6.45, 7) is 7.83. The molecule has 0 spiro atoms. The van der Waals surface area contributed by atoms with Crippen LogP contribution in [0, 0.1) is 0 Å². The van der Waals surface area contributed by atoms with Gasteiger partial charge < -0.3 is 14.6 Å². The molecule has 0 radical (unpaired) electrons. The van der Waals surface area contributed by atoms with E-state index in [4.69, 9.17) is 4.74 Å². The Bertz CT molecular complexity index is 241. The molecule has 0 fully saturated rings. The summed E-state index contributed by atoms with van der Waals surface area (Å²) in [5.41, 5.74) is 0.291. The molecule has 4 nitrogen and oxygen atoms in total. The first kappa shape index (κ1) is 12.9. The quantitative estimate of drug-likeness (QED) is 0.315. The Morgan fingerprint density at radius 3 is 2.64 bits per heavy atom. The Morgan fingerprint density at radius 1 is 1.64 bits per heavy atom. The SMILES string of the molecule is C=C(C)C(=O)OCOC(C)(O)C=CC. The molecule has 1 N–H and O–H groups in total. The van der Waals surface area contributed by atoms with Crippen molar-refractivity contribution in [1.82, 2.24) is 0 Å². The predicted molar refractivity (Wildman–Crippen MR) is 52.3 cm³/mol. The van der Waals surface area contributed by atoms with E-state index in [1.807, 2.05) is 0 Å². The molecule has 0 aromatic rings. The Hall–Kier alpha value is -1.13. The van der Waals surface area contributed by atoms with E-state index in [1.54, 1.807) is 13.0 Å². The van der Waals surface area contributed by atoms with Crippen molar-refractivity contribution in [3.05, 3.63) is 24.3 Å². The van der Waals surface area contributed by atoms with Crippen LogP contribution >= 0.6 is 0 Å². The molecule has 0 rings (SSSR count). The van der Waals surface area contributed by atoms with Gasteiger partial charge in [0.2, 0.25) is 0 Å². The van der Waals surface area contributed by atoms with E-state index in [-0.39, 0.29) is 6.79 Å². The summed E-state index contributed by atoms with van der Waals surface area (Å²) in [4.78, 5) is 10.9. The van der Waals surface area contributed by atoms with E-state index in [0.29, 0.717) is 5.57 Å². The molecular weight excluding hydrogens is 184 g/mol. The van der Waals surface area contributed by atoms with Crippen molar-refractivity contribution in [2.45, 2.75) is 26.6 Å². The maximum atomic E-state index is 10.9. The highest BCUT2D eigenvalue weighted by Crippen LogP contribution is 2.07. The third-order valence-corrected chi connectivity index (χ3v) is 1.37. The number of hydrogen-bond acceptors (Lipinski definition) is 4. The van der Waals surface area contributed by atoms with Crippen molar-refractivity contribution in [3.8, 4) is 0 Å². The number of ether oxygens (including phenoxy) is 2. The number of esters is 1. The lowest BCUT2D eigenvalue weighted by molar-refractivity contribution is -0.208. The summed E-state index contributed by atoms with van der Waals surface area (Å²) in [5.74, 6) is -1.95. The molecule has 1 atom stereocenters.